The number of amides is 1. The zero-order valence-corrected chi connectivity index (χ0v) is 15.3. The van der Waals surface area contributed by atoms with Gasteiger partial charge in [-0.3, -0.25) is 4.79 Å². The predicted octanol–water partition coefficient (Wildman–Crippen LogP) is 4.38. The Balaban J connectivity index is 1.64. The average Bonchev–Trinajstić information content (AvgIpc) is 3.22. The normalized spacial score (nSPS) is 12.8. The van der Waals surface area contributed by atoms with Crippen LogP contribution < -0.4 is 5.32 Å². The molecule has 4 rings (SSSR count). The summed E-state index contributed by atoms with van der Waals surface area (Å²) in [4.78, 5) is 17.2. The zero-order chi connectivity index (χ0) is 18.1. The largest absolute Gasteiger partial charge is 0.346 e. The van der Waals surface area contributed by atoms with Crippen LogP contribution in [-0.2, 0) is 13.1 Å². The van der Waals surface area contributed by atoms with Gasteiger partial charge in [-0.15, -0.1) is 0 Å². The Bertz CT molecular complexity index is 954. The second-order valence-corrected chi connectivity index (χ2v) is 7.30. The third-order valence-corrected chi connectivity index (χ3v) is 5.51. The van der Waals surface area contributed by atoms with Crippen molar-refractivity contribution in [3.05, 3.63) is 70.6 Å². The lowest BCUT2D eigenvalue weighted by Crippen LogP contribution is -2.25. The Labute approximate surface area is 159 Å². The molecule has 7 heteroatoms. The van der Waals surface area contributed by atoms with Gasteiger partial charge in [-0.1, -0.05) is 59.8 Å². The molecule has 1 N–H and O–H groups in total. The molecule has 132 valence electrons. The minimum Gasteiger partial charge on any atom is -0.346 e. The Morgan fingerprint density at radius 1 is 1.23 bits per heavy atom. The van der Waals surface area contributed by atoms with Gasteiger partial charge in [-0.05, 0) is 12.1 Å². The number of carbonyl (C=O) groups is 1. The topological polar surface area (TPSA) is 46.9 Å². The molecule has 0 saturated heterocycles. The van der Waals surface area contributed by atoms with E-state index < -0.39 is 11.7 Å². The van der Waals surface area contributed by atoms with Crippen LogP contribution in [0.4, 0.5) is 4.39 Å². The highest BCUT2D eigenvalue weighted by Crippen LogP contribution is 2.33. The minimum absolute atomic E-state index is 0.0971. The van der Waals surface area contributed by atoms with Gasteiger partial charge in [0.2, 0.25) is 0 Å². The van der Waals surface area contributed by atoms with E-state index in [1.165, 1.54) is 18.2 Å². The maximum Gasteiger partial charge on any atom is 0.256 e. The van der Waals surface area contributed by atoms with Gasteiger partial charge in [0.15, 0.2) is 5.16 Å². The van der Waals surface area contributed by atoms with E-state index in [0.717, 1.165) is 34.4 Å². The average molecular weight is 388 g/mol. The van der Waals surface area contributed by atoms with Crippen molar-refractivity contribution in [3.8, 4) is 11.3 Å². The Kier molecular flexibility index (Phi) is 4.70. The fourth-order valence-electron chi connectivity index (χ4n) is 3.01. The van der Waals surface area contributed by atoms with Crippen LogP contribution in [0.25, 0.3) is 11.3 Å². The van der Waals surface area contributed by atoms with Crippen molar-refractivity contribution < 1.29 is 9.18 Å². The van der Waals surface area contributed by atoms with Crippen molar-refractivity contribution >= 4 is 29.3 Å². The van der Waals surface area contributed by atoms with Crippen LogP contribution in [0.1, 0.15) is 16.1 Å². The molecule has 0 radical (unpaired) electrons. The van der Waals surface area contributed by atoms with Crippen LogP contribution in [0.3, 0.4) is 0 Å². The van der Waals surface area contributed by atoms with Gasteiger partial charge >= 0.3 is 0 Å². The summed E-state index contributed by atoms with van der Waals surface area (Å²) < 4.78 is 16.1. The van der Waals surface area contributed by atoms with Crippen LogP contribution in [0.2, 0.25) is 5.02 Å². The predicted molar refractivity (Wildman–Crippen MR) is 101 cm³/mol. The molecule has 2 heterocycles. The maximum absolute atomic E-state index is 14.0. The number of carbonyl (C=O) groups excluding carboxylic acids is 1. The summed E-state index contributed by atoms with van der Waals surface area (Å²) in [6, 6.07) is 14.0. The summed E-state index contributed by atoms with van der Waals surface area (Å²) in [5.41, 5.74) is 2.61. The van der Waals surface area contributed by atoms with E-state index in [-0.39, 0.29) is 17.1 Å². The smallest absolute Gasteiger partial charge is 0.256 e. The molecule has 0 aliphatic carbocycles. The van der Waals surface area contributed by atoms with Gasteiger partial charge in [0, 0.05) is 17.9 Å². The lowest BCUT2D eigenvalue weighted by atomic mass is 10.1. The standard InChI is InChI=1S/C19H15ClFN3OS/c20-13-7-4-8-14(21)16(13)18(25)22-11-15-17(12-5-2-1-3-6-12)23-19-24(15)9-10-26-19/h1-8H,9-11H2,(H,22,25). The van der Waals surface area contributed by atoms with E-state index in [1.54, 1.807) is 11.8 Å². The van der Waals surface area contributed by atoms with E-state index in [1.807, 2.05) is 30.3 Å². The Morgan fingerprint density at radius 2 is 2.04 bits per heavy atom. The number of nitrogens with zero attached hydrogens (tertiary/aromatic N) is 2. The molecule has 2 aromatic carbocycles. The summed E-state index contributed by atoms with van der Waals surface area (Å²) in [7, 11) is 0. The number of nitrogens with one attached hydrogen (secondary N) is 1. The molecule has 4 nitrogen and oxygen atoms in total. The third-order valence-electron chi connectivity index (χ3n) is 4.24. The number of fused-ring (bicyclic) bond motifs is 1. The Hall–Kier alpha value is -2.31. The van der Waals surface area contributed by atoms with Crippen molar-refractivity contribution in [2.24, 2.45) is 0 Å². The van der Waals surface area contributed by atoms with Gasteiger partial charge in [0.1, 0.15) is 5.82 Å². The molecule has 1 amide bonds. The number of imidazole rings is 1. The number of halogens is 2. The van der Waals surface area contributed by atoms with Crippen molar-refractivity contribution in [2.75, 3.05) is 5.75 Å². The number of benzene rings is 2. The molecule has 0 fully saturated rings. The summed E-state index contributed by atoms with van der Waals surface area (Å²) in [5, 5.41) is 3.83. The number of thioether (sulfide) groups is 1. The highest BCUT2D eigenvalue weighted by atomic mass is 35.5. The summed E-state index contributed by atoms with van der Waals surface area (Å²) in [6.45, 7) is 1.09. The number of hydrogen-bond acceptors (Lipinski definition) is 3. The third kappa shape index (κ3) is 3.10. The first-order valence-electron chi connectivity index (χ1n) is 8.15. The molecule has 1 aromatic heterocycles. The molecule has 1 aliphatic heterocycles. The van der Waals surface area contributed by atoms with Crippen molar-refractivity contribution in [1.29, 1.82) is 0 Å². The van der Waals surface area contributed by atoms with E-state index in [9.17, 15) is 9.18 Å². The van der Waals surface area contributed by atoms with Gasteiger partial charge in [-0.2, -0.15) is 0 Å². The zero-order valence-electron chi connectivity index (χ0n) is 13.7. The monoisotopic (exact) mass is 387 g/mol. The molecule has 0 bridgehead atoms. The molecule has 0 saturated carbocycles. The Morgan fingerprint density at radius 3 is 2.81 bits per heavy atom. The second-order valence-electron chi connectivity index (χ2n) is 5.84. The quantitative estimate of drug-likeness (QED) is 0.722. The van der Waals surface area contributed by atoms with Gasteiger partial charge in [0.05, 0.1) is 28.5 Å². The first-order valence-corrected chi connectivity index (χ1v) is 9.51. The van der Waals surface area contributed by atoms with Gasteiger partial charge in [-0.25, -0.2) is 9.37 Å². The number of aromatic nitrogens is 2. The van der Waals surface area contributed by atoms with Crippen LogP contribution in [0, 0.1) is 5.82 Å². The molecule has 0 atom stereocenters. The first-order chi connectivity index (χ1) is 12.6. The molecule has 0 spiro atoms. The molecular formula is C19H15ClFN3OS. The fourth-order valence-corrected chi connectivity index (χ4v) is 4.22. The summed E-state index contributed by atoms with van der Waals surface area (Å²) in [5.74, 6) is -0.210. The van der Waals surface area contributed by atoms with E-state index in [0.29, 0.717) is 0 Å². The first kappa shape index (κ1) is 17.1. The molecule has 0 unspecified atom stereocenters. The van der Waals surface area contributed by atoms with Crippen LogP contribution >= 0.6 is 23.4 Å². The maximum atomic E-state index is 14.0. The highest BCUT2D eigenvalue weighted by Gasteiger charge is 2.23. The van der Waals surface area contributed by atoms with Gasteiger partial charge in [0.25, 0.3) is 5.91 Å². The van der Waals surface area contributed by atoms with Gasteiger partial charge < -0.3 is 9.88 Å². The number of hydrogen-bond donors (Lipinski definition) is 1. The van der Waals surface area contributed by atoms with Crippen molar-refractivity contribution in [3.63, 3.8) is 0 Å². The van der Waals surface area contributed by atoms with E-state index >= 15 is 0 Å². The second kappa shape index (κ2) is 7.13. The number of rotatable bonds is 4. The van der Waals surface area contributed by atoms with E-state index in [4.69, 9.17) is 16.6 Å². The highest BCUT2D eigenvalue weighted by molar-refractivity contribution is 7.99. The SMILES string of the molecule is O=C(NCc1c(-c2ccccc2)nc2n1CCS2)c1c(F)cccc1Cl. The van der Waals surface area contributed by atoms with Crippen LogP contribution in [-0.4, -0.2) is 21.2 Å². The lowest BCUT2D eigenvalue weighted by Gasteiger charge is -2.11. The fraction of sp³-hybridized carbons (Fsp3) is 0.158. The van der Waals surface area contributed by atoms with Crippen LogP contribution in [0.15, 0.2) is 53.7 Å². The molecular weight excluding hydrogens is 373 g/mol. The summed E-state index contributed by atoms with van der Waals surface area (Å²) >= 11 is 7.68. The van der Waals surface area contributed by atoms with Crippen LogP contribution in [0.5, 0.6) is 0 Å². The summed E-state index contributed by atoms with van der Waals surface area (Å²) in [6.07, 6.45) is 0. The molecule has 3 aromatic rings. The molecule has 26 heavy (non-hydrogen) atoms. The minimum atomic E-state index is -0.632. The molecule has 1 aliphatic rings. The van der Waals surface area contributed by atoms with E-state index in [2.05, 4.69) is 9.88 Å². The lowest BCUT2D eigenvalue weighted by molar-refractivity contribution is 0.0946. The van der Waals surface area contributed by atoms with Crippen molar-refractivity contribution in [1.82, 2.24) is 14.9 Å². The van der Waals surface area contributed by atoms with Crippen molar-refractivity contribution in [2.45, 2.75) is 18.2 Å².